The number of halogens is 2. The predicted octanol–water partition coefficient (Wildman–Crippen LogP) is 6.58. The Balaban J connectivity index is 1.70. The van der Waals surface area contributed by atoms with Crippen molar-refractivity contribution in [2.45, 2.75) is 25.9 Å². The lowest BCUT2D eigenvalue weighted by atomic mass is 10.1. The maximum atomic E-state index is 3.72. The van der Waals surface area contributed by atoms with Gasteiger partial charge in [-0.15, -0.1) is 0 Å². The van der Waals surface area contributed by atoms with E-state index >= 15 is 0 Å². The van der Waals surface area contributed by atoms with Gasteiger partial charge in [-0.2, -0.15) is 0 Å². The molecule has 0 N–H and O–H groups in total. The molecule has 0 unspecified atom stereocenters. The maximum absolute atomic E-state index is 3.72. The molecule has 0 amide bonds. The van der Waals surface area contributed by atoms with Crippen LogP contribution in [-0.2, 0) is 12.8 Å². The van der Waals surface area contributed by atoms with E-state index in [0.717, 1.165) is 12.8 Å². The molecule has 3 heteroatoms. The lowest BCUT2D eigenvalue weighted by Gasteiger charge is -2.26. The quantitative estimate of drug-likeness (QED) is 0.458. The van der Waals surface area contributed by atoms with Crippen molar-refractivity contribution in [3.05, 3.63) is 78.0 Å². The van der Waals surface area contributed by atoms with E-state index in [-0.39, 0.29) is 0 Å². The number of fused-ring (bicyclic) bond motifs is 2. The summed E-state index contributed by atoms with van der Waals surface area (Å²) in [5, 5.41) is 3.30. The smallest absolute Gasteiger partial charge is 0.0714 e. The van der Waals surface area contributed by atoms with Crippen LogP contribution in [0.4, 0.5) is 0 Å². The van der Waals surface area contributed by atoms with E-state index in [1.54, 1.807) is 10.4 Å². The zero-order valence-electron chi connectivity index (χ0n) is 13.3. The fourth-order valence-electron chi connectivity index (χ4n) is 3.66. The molecule has 0 aromatic heterocycles. The Labute approximate surface area is 155 Å². The van der Waals surface area contributed by atoms with Crippen molar-refractivity contribution in [2.24, 2.45) is 0 Å². The summed E-state index contributed by atoms with van der Waals surface area (Å²) in [7, 11) is -1.60. The number of hydrogen-bond acceptors (Lipinski definition) is 0. The summed E-state index contributed by atoms with van der Waals surface area (Å²) >= 11 is 7.43. The van der Waals surface area contributed by atoms with E-state index in [1.165, 1.54) is 31.2 Å². The average molecular weight is 446 g/mol. The van der Waals surface area contributed by atoms with E-state index < -0.39 is 8.07 Å². The topological polar surface area (TPSA) is 0 Å². The highest BCUT2D eigenvalue weighted by Crippen LogP contribution is 2.42. The molecule has 0 atom stereocenters. The van der Waals surface area contributed by atoms with E-state index in [2.05, 4.69) is 93.5 Å². The molecule has 4 rings (SSSR count). The monoisotopic (exact) mass is 444 g/mol. The van der Waals surface area contributed by atoms with Crippen LogP contribution in [0.3, 0.4) is 0 Å². The third-order valence-corrected chi connectivity index (χ3v) is 10.6. The Morgan fingerprint density at radius 3 is 2.26 bits per heavy atom. The van der Waals surface area contributed by atoms with Gasteiger partial charge in [0.05, 0.1) is 0 Å². The van der Waals surface area contributed by atoms with Crippen LogP contribution in [0.15, 0.2) is 55.7 Å². The first-order chi connectivity index (χ1) is 11.0. The summed E-state index contributed by atoms with van der Waals surface area (Å²) in [5.74, 6) is 0. The molecule has 23 heavy (non-hydrogen) atoms. The van der Waals surface area contributed by atoms with Crippen molar-refractivity contribution in [3.8, 4) is 0 Å². The first-order valence-electron chi connectivity index (χ1n) is 7.93. The standard InChI is InChI=1S/C20H18Br2Si/c1-23(2,15-9-13-5-3-7-19(21)17(13)11-15)16-10-14-6-4-8-20(22)18(14)12-16/h3-9,12H,10-11H2,1-2H3. The second-order valence-electron chi connectivity index (χ2n) is 6.94. The highest BCUT2D eigenvalue weighted by molar-refractivity contribution is 9.10. The largest absolute Gasteiger partial charge is 0.103 e. The lowest BCUT2D eigenvalue weighted by molar-refractivity contribution is 1.21. The number of allylic oxidation sites excluding steroid dienone is 2. The first kappa shape index (κ1) is 15.6. The average Bonchev–Trinajstić information content (AvgIpc) is 3.13. The number of benzene rings is 2. The molecule has 0 saturated carbocycles. The van der Waals surface area contributed by atoms with Gasteiger partial charge in [0.1, 0.15) is 8.07 Å². The predicted molar refractivity (Wildman–Crippen MR) is 109 cm³/mol. The molecule has 0 bridgehead atoms. The van der Waals surface area contributed by atoms with Gasteiger partial charge >= 0.3 is 0 Å². The Hall–Kier alpha value is -0.903. The Morgan fingerprint density at radius 1 is 0.826 bits per heavy atom. The summed E-state index contributed by atoms with van der Waals surface area (Å²) < 4.78 is 2.47. The number of rotatable bonds is 2. The minimum atomic E-state index is -1.60. The molecule has 0 fully saturated rings. The molecule has 116 valence electrons. The molecule has 0 spiro atoms. The van der Waals surface area contributed by atoms with Crippen molar-refractivity contribution in [1.29, 1.82) is 0 Å². The van der Waals surface area contributed by atoms with Crippen molar-refractivity contribution in [3.63, 3.8) is 0 Å². The van der Waals surface area contributed by atoms with Crippen molar-refractivity contribution in [2.75, 3.05) is 0 Å². The fraction of sp³-hybridized carbons (Fsp3) is 0.200. The molecular weight excluding hydrogens is 428 g/mol. The minimum Gasteiger partial charge on any atom is -0.0714 e. The van der Waals surface area contributed by atoms with Crippen molar-refractivity contribution in [1.82, 2.24) is 0 Å². The normalized spacial score (nSPS) is 16.0. The van der Waals surface area contributed by atoms with Crippen LogP contribution in [0.25, 0.3) is 12.2 Å². The SMILES string of the molecule is C[Si](C)(C1=Cc2c(Br)cccc2C1)C1=Cc2cccc(Br)c2C1. The Bertz CT molecular complexity index is 875. The molecule has 0 radical (unpaired) electrons. The lowest BCUT2D eigenvalue weighted by Crippen LogP contribution is -2.32. The van der Waals surface area contributed by atoms with Crippen LogP contribution >= 0.6 is 31.9 Å². The van der Waals surface area contributed by atoms with Gasteiger partial charge < -0.3 is 0 Å². The van der Waals surface area contributed by atoms with Gasteiger partial charge in [0.15, 0.2) is 0 Å². The Morgan fingerprint density at radius 2 is 1.52 bits per heavy atom. The van der Waals surface area contributed by atoms with Crippen LogP contribution in [0.5, 0.6) is 0 Å². The zero-order valence-corrected chi connectivity index (χ0v) is 17.5. The maximum Gasteiger partial charge on any atom is 0.103 e. The van der Waals surface area contributed by atoms with Gasteiger partial charge in [-0.3, -0.25) is 0 Å². The highest BCUT2D eigenvalue weighted by atomic mass is 79.9. The first-order valence-corrected chi connectivity index (χ1v) is 12.5. The summed E-state index contributed by atoms with van der Waals surface area (Å²) in [4.78, 5) is 0. The van der Waals surface area contributed by atoms with E-state index in [0.29, 0.717) is 0 Å². The van der Waals surface area contributed by atoms with Gasteiger partial charge in [-0.1, -0.05) is 91.8 Å². The molecule has 2 aromatic rings. The summed E-state index contributed by atoms with van der Waals surface area (Å²) in [6, 6.07) is 13.1. The fourth-order valence-corrected chi connectivity index (χ4v) is 7.39. The van der Waals surface area contributed by atoms with Crippen molar-refractivity contribution < 1.29 is 0 Å². The molecule has 0 nitrogen and oxygen atoms in total. The molecule has 0 saturated heterocycles. The second kappa shape index (κ2) is 5.57. The van der Waals surface area contributed by atoms with Gasteiger partial charge in [-0.05, 0) is 47.2 Å². The third kappa shape index (κ3) is 2.53. The van der Waals surface area contributed by atoms with Gasteiger partial charge in [0, 0.05) is 8.95 Å². The highest BCUT2D eigenvalue weighted by Gasteiger charge is 2.35. The van der Waals surface area contributed by atoms with Crippen LogP contribution in [0, 0.1) is 0 Å². The molecule has 2 aliphatic rings. The molecular formula is C20H18Br2Si. The van der Waals surface area contributed by atoms with Gasteiger partial charge in [0.25, 0.3) is 0 Å². The Kier molecular flexibility index (Phi) is 3.78. The summed E-state index contributed by atoms with van der Waals surface area (Å²) in [6.07, 6.45) is 7.11. The van der Waals surface area contributed by atoms with Crippen LogP contribution < -0.4 is 0 Å². The summed E-state index contributed by atoms with van der Waals surface area (Å²) in [5.41, 5.74) is 5.71. The van der Waals surface area contributed by atoms with E-state index in [1.807, 2.05) is 0 Å². The summed E-state index contributed by atoms with van der Waals surface area (Å²) in [6.45, 7) is 5.01. The van der Waals surface area contributed by atoms with Crippen LogP contribution in [0.1, 0.15) is 22.3 Å². The third-order valence-electron chi connectivity index (χ3n) is 5.30. The molecule has 2 aromatic carbocycles. The van der Waals surface area contributed by atoms with Gasteiger partial charge in [-0.25, -0.2) is 0 Å². The number of hydrogen-bond donors (Lipinski definition) is 0. The van der Waals surface area contributed by atoms with Gasteiger partial charge in [0.2, 0.25) is 0 Å². The minimum absolute atomic E-state index is 1.10. The molecule has 0 heterocycles. The van der Waals surface area contributed by atoms with Crippen molar-refractivity contribution >= 4 is 52.1 Å². The van der Waals surface area contributed by atoms with E-state index in [9.17, 15) is 0 Å². The second-order valence-corrected chi connectivity index (χ2v) is 13.2. The van der Waals surface area contributed by atoms with E-state index in [4.69, 9.17) is 0 Å². The zero-order chi connectivity index (χ0) is 16.2. The molecule has 0 aliphatic heterocycles. The van der Waals surface area contributed by atoms with Crippen LogP contribution in [0.2, 0.25) is 13.1 Å². The van der Waals surface area contributed by atoms with Crippen LogP contribution in [-0.4, -0.2) is 8.07 Å². The molecule has 2 aliphatic carbocycles.